The van der Waals surface area contributed by atoms with Gasteiger partial charge in [0.1, 0.15) is 0 Å². The Kier molecular flexibility index (Phi) is 3.06. The average molecular weight is 200 g/mol. The number of hydrogen-bond acceptors (Lipinski definition) is 3. The molecule has 0 fully saturated rings. The summed E-state index contributed by atoms with van der Waals surface area (Å²) in [6.07, 6.45) is 1.66. The van der Waals surface area contributed by atoms with E-state index in [4.69, 9.17) is 5.11 Å². The fraction of sp³-hybridized carbons (Fsp3) is 0.333. The summed E-state index contributed by atoms with van der Waals surface area (Å²) in [6, 6.07) is 6.62. The van der Waals surface area contributed by atoms with Gasteiger partial charge in [0, 0.05) is 12.9 Å². The van der Waals surface area contributed by atoms with Crippen molar-refractivity contribution in [3.63, 3.8) is 0 Å². The van der Waals surface area contributed by atoms with E-state index in [2.05, 4.69) is 0 Å². The third-order valence-electron chi connectivity index (χ3n) is 1.73. The maximum atomic E-state index is 11.1. The molecule has 0 atom stereocenters. The zero-order valence-corrected chi connectivity index (χ0v) is 8.21. The molecule has 3 nitrogen and oxygen atoms in total. The molecule has 1 N–H and O–H groups in total. The van der Waals surface area contributed by atoms with Crippen molar-refractivity contribution in [3.8, 4) is 0 Å². The van der Waals surface area contributed by atoms with Gasteiger partial charge in [0.15, 0.2) is 9.84 Å². The van der Waals surface area contributed by atoms with Gasteiger partial charge in [-0.2, -0.15) is 0 Å². The van der Waals surface area contributed by atoms with E-state index >= 15 is 0 Å². The molecule has 0 bridgehead atoms. The molecule has 0 amide bonds. The van der Waals surface area contributed by atoms with Gasteiger partial charge < -0.3 is 5.11 Å². The molecule has 0 heterocycles. The lowest BCUT2D eigenvalue weighted by Crippen LogP contribution is -1.98. The molecule has 0 unspecified atom stereocenters. The second-order valence-electron chi connectivity index (χ2n) is 2.89. The maximum absolute atomic E-state index is 11.1. The molecule has 0 radical (unpaired) electrons. The molecule has 0 aromatic heterocycles. The third-order valence-corrected chi connectivity index (χ3v) is 2.84. The first-order chi connectivity index (χ1) is 6.04. The Hall–Kier alpha value is -0.870. The largest absolute Gasteiger partial charge is 0.396 e. The summed E-state index contributed by atoms with van der Waals surface area (Å²) in [5.41, 5.74) is 0.838. The first kappa shape index (κ1) is 10.2. The maximum Gasteiger partial charge on any atom is 0.175 e. The molecule has 0 aliphatic rings. The lowest BCUT2D eigenvalue weighted by Gasteiger charge is -2.01. The van der Waals surface area contributed by atoms with Gasteiger partial charge in [0.25, 0.3) is 0 Å². The van der Waals surface area contributed by atoms with Crippen LogP contribution in [0.4, 0.5) is 0 Å². The van der Waals surface area contributed by atoms with E-state index < -0.39 is 9.84 Å². The summed E-state index contributed by atoms with van der Waals surface area (Å²) in [4.78, 5) is 0.304. The van der Waals surface area contributed by atoms with Crippen molar-refractivity contribution in [2.75, 3.05) is 12.9 Å². The molecule has 0 spiro atoms. The lowest BCUT2D eigenvalue weighted by molar-refractivity contribution is 0.299. The quantitative estimate of drug-likeness (QED) is 0.778. The number of aliphatic hydroxyl groups is 1. The van der Waals surface area contributed by atoms with Crippen LogP contribution >= 0.6 is 0 Å². The van der Waals surface area contributed by atoms with Gasteiger partial charge in [-0.05, 0) is 24.1 Å². The van der Waals surface area contributed by atoms with Gasteiger partial charge >= 0.3 is 0 Å². The van der Waals surface area contributed by atoms with Crippen molar-refractivity contribution in [2.24, 2.45) is 0 Å². The molecule has 0 aliphatic heterocycles. The molecule has 72 valence electrons. The van der Waals surface area contributed by atoms with Gasteiger partial charge in [0.05, 0.1) is 4.90 Å². The first-order valence-electron chi connectivity index (χ1n) is 3.94. The predicted octanol–water partition coefficient (Wildman–Crippen LogP) is 0.625. The average Bonchev–Trinajstić information content (AvgIpc) is 2.04. The highest BCUT2D eigenvalue weighted by atomic mass is 32.2. The van der Waals surface area contributed by atoms with Gasteiger partial charge in [0.2, 0.25) is 0 Å². The van der Waals surface area contributed by atoms with Crippen molar-refractivity contribution >= 4 is 9.84 Å². The molecular formula is C9H12O3S. The lowest BCUT2D eigenvalue weighted by atomic mass is 10.2. The standard InChI is InChI=1S/C9H12O3S/c1-13(11,12)9-4-2-3-8(7-9)5-6-10/h2-4,7,10H,5-6H2,1H3. The third kappa shape index (κ3) is 2.82. The smallest absolute Gasteiger partial charge is 0.175 e. The molecular weight excluding hydrogens is 188 g/mol. The van der Waals surface area contributed by atoms with E-state index in [-0.39, 0.29) is 6.61 Å². The van der Waals surface area contributed by atoms with Gasteiger partial charge in [-0.1, -0.05) is 12.1 Å². The van der Waals surface area contributed by atoms with Crippen molar-refractivity contribution in [1.82, 2.24) is 0 Å². The SMILES string of the molecule is CS(=O)(=O)c1cccc(CCO)c1. The summed E-state index contributed by atoms with van der Waals surface area (Å²) in [5, 5.41) is 8.66. The van der Waals surface area contributed by atoms with Crippen LogP contribution in [0, 0.1) is 0 Å². The van der Waals surface area contributed by atoms with Crippen LogP contribution in [0.3, 0.4) is 0 Å². The van der Waals surface area contributed by atoms with Crippen LogP contribution in [0.2, 0.25) is 0 Å². The van der Waals surface area contributed by atoms with Gasteiger partial charge in [-0.3, -0.25) is 0 Å². The van der Waals surface area contributed by atoms with E-state index in [1.807, 2.05) is 0 Å². The second kappa shape index (κ2) is 3.89. The molecule has 0 aliphatic carbocycles. The summed E-state index contributed by atoms with van der Waals surface area (Å²) in [5.74, 6) is 0. The van der Waals surface area contributed by atoms with E-state index in [0.29, 0.717) is 11.3 Å². The van der Waals surface area contributed by atoms with Crippen LogP contribution in [-0.2, 0) is 16.3 Å². The Morgan fingerprint density at radius 3 is 2.62 bits per heavy atom. The Labute approximate surface area is 77.9 Å². The Balaban J connectivity index is 3.06. The minimum Gasteiger partial charge on any atom is -0.396 e. The number of aliphatic hydroxyl groups excluding tert-OH is 1. The van der Waals surface area contributed by atoms with Gasteiger partial charge in [-0.25, -0.2) is 8.42 Å². The van der Waals surface area contributed by atoms with Crippen molar-refractivity contribution in [1.29, 1.82) is 0 Å². The van der Waals surface area contributed by atoms with Crippen LogP contribution in [0.1, 0.15) is 5.56 Å². The topological polar surface area (TPSA) is 54.4 Å². The van der Waals surface area contributed by atoms with Crippen molar-refractivity contribution in [2.45, 2.75) is 11.3 Å². The summed E-state index contributed by atoms with van der Waals surface area (Å²) < 4.78 is 22.3. The number of benzene rings is 1. The molecule has 0 saturated heterocycles. The highest BCUT2D eigenvalue weighted by Gasteiger charge is 2.06. The normalized spacial score (nSPS) is 11.5. The second-order valence-corrected chi connectivity index (χ2v) is 4.91. The fourth-order valence-electron chi connectivity index (χ4n) is 1.06. The zero-order chi connectivity index (χ0) is 9.90. The van der Waals surface area contributed by atoms with Crippen molar-refractivity contribution < 1.29 is 13.5 Å². The Morgan fingerprint density at radius 2 is 2.08 bits per heavy atom. The number of hydrogen-bond donors (Lipinski definition) is 1. The molecule has 0 saturated carbocycles. The highest BCUT2D eigenvalue weighted by Crippen LogP contribution is 2.11. The molecule has 1 aromatic carbocycles. The van der Waals surface area contributed by atoms with Crippen LogP contribution in [0.15, 0.2) is 29.2 Å². The summed E-state index contributed by atoms with van der Waals surface area (Å²) in [7, 11) is -3.13. The van der Waals surface area contributed by atoms with Crippen LogP contribution < -0.4 is 0 Å². The summed E-state index contributed by atoms with van der Waals surface area (Å²) in [6.45, 7) is 0.0349. The van der Waals surface area contributed by atoms with Gasteiger partial charge in [-0.15, -0.1) is 0 Å². The van der Waals surface area contributed by atoms with E-state index in [0.717, 1.165) is 5.56 Å². The van der Waals surface area contributed by atoms with E-state index in [1.54, 1.807) is 24.3 Å². The van der Waals surface area contributed by atoms with Crippen LogP contribution in [-0.4, -0.2) is 26.4 Å². The van der Waals surface area contributed by atoms with E-state index in [1.165, 1.54) is 6.26 Å². The van der Waals surface area contributed by atoms with Crippen LogP contribution in [0.5, 0.6) is 0 Å². The number of sulfone groups is 1. The summed E-state index contributed by atoms with van der Waals surface area (Å²) >= 11 is 0. The molecule has 1 rings (SSSR count). The Bertz CT molecular complexity index is 382. The zero-order valence-electron chi connectivity index (χ0n) is 7.40. The predicted molar refractivity (Wildman–Crippen MR) is 50.3 cm³/mol. The molecule has 4 heteroatoms. The highest BCUT2D eigenvalue weighted by molar-refractivity contribution is 7.90. The molecule has 13 heavy (non-hydrogen) atoms. The first-order valence-corrected chi connectivity index (χ1v) is 5.83. The molecule has 1 aromatic rings. The number of rotatable bonds is 3. The Morgan fingerprint density at radius 1 is 1.38 bits per heavy atom. The minimum absolute atomic E-state index is 0.0349. The van der Waals surface area contributed by atoms with Crippen molar-refractivity contribution in [3.05, 3.63) is 29.8 Å². The fourth-order valence-corrected chi connectivity index (χ4v) is 1.75. The van der Waals surface area contributed by atoms with E-state index in [9.17, 15) is 8.42 Å². The monoisotopic (exact) mass is 200 g/mol. The minimum atomic E-state index is -3.13. The van der Waals surface area contributed by atoms with Crippen LogP contribution in [0.25, 0.3) is 0 Å².